The zero-order chi connectivity index (χ0) is 13.2. The van der Waals surface area contributed by atoms with E-state index in [4.69, 9.17) is 5.73 Å². The van der Waals surface area contributed by atoms with Crippen LogP contribution in [0.4, 0.5) is 4.39 Å². The Morgan fingerprint density at radius 2 is 2.06 bits per heavy atom. The molecule has 0 aromatic heterocycles. The Labute approximate surface area is 126 Å². The number of methoxy groups -OCH3 is 1. The van der Waals surface area contributed by atoms with Gasteiger partial charge in [-0.25, -0.2) is 4.39 Å². The number of hydrogen-bond acceptors (Lipinski definition) is 3. The molecular formula is C12H16ClFINO2. The molecular weight excluding hydrogens is 371 g/mol. The summed E-state index contributed by atoms with van der Waals surface area (Å²) in [4.78, 5) is 11.6. The van der Waals surface area contributed by atoms with Gasteiger partial charge in [-0.05, 0) is 54.6 Å². The quantitative estimate of drug-likeness (QED) is 0.641. The number of ether oxygens (including phenoxy) is 1. The van der Waals surface area contributed by atoms with E-state index < -0.39 is 23.2 Å². The summed E-state index contributed by atoms with van der Waals surface area (Å²) in [7, 11) is 1.29. The van der Waals surface area contributed by atoms with Gasteiger partial charge in [0.15, 0.2) is 0 Å². The average molecular weight is 388 g/mol. The lowest BCUT2D eigenvalue weighted by Crippen LogP contribution is -2.37. The first-order chi connectivity index (χ1) is 7.80. The first-order valence-electron chi connectivity index (χ1n) is 5.09. The molecule has 0 amide bonds. The van der Waals surface area contributed by atoms with E-state index >= 15 is 0 Å². The maximum absolute atomic E-state index is 13.7. The number of halogens is 3. The maximum Gasteiger partial charge on any atom is 0.313 e. The average Bonchev–Trinajstić information content (AvgIpc) is 2.30. The van der Waals surface area contributed by atoms with Gasteiger partial charge in [-0.1, -0.05) is 0 Å². The highest BCUT2D eigenvalue weighted by molar-refractivity contribution is 14.1. The highest BCUT2D eigenvalue weighted by atomic mass is 127. The topological polar surface area (TPSA) is 52.3 Å². The van der Waals surface area contributed by atoms with Crippen LogP contribution in [0.3, 0.4) is 0 Å². The van der Waals surface area contributed by atoms with Gasteiger partial charge in [0.25, 0.3) is 0 Å². The molecule has 2 N–H and O–H groups in total. The van der Waals surface area contributed by atoms with E-state index in [1.54, 1.807) is 26.0 Å². The maximum atomic E-state index is 13.7. The molecule has 1 rings (SSSR count). The summed E-state index contributed by atoms with van der Waals surface area (Å²) in [5.74, 6) is -0.863. The fourth-order valence-electron chi connectivity index (χ4n) is 1.53. The highest BCUT2D eigenvalue weighted by Crippen LogP contribution is 2.34. The number of benzene rings is 1. The van der Waals surface area contributed by atoms with Crippen molar-refractivity contribution in [1.82, 2.24) is 0 Å². The van der Waals surface area contributed by atoms with Crippen molar-refractivity contribution in [3.63, 3.8) is 0 Å². The van der Waals surface area contributed by atoms with Crippen LogP contribution in [0.5, 0.6) is 0 Å². The van der Waals surface area contributed by atoms with Crippen LogP contribution in [0.2, 0.25) is 0 Å². The predicted octanol–water partition coefficient (Wildman–Crippen LogP) is 3.05. The van der Waals surface area contributed by atoms with Gasteiger partial charge in [-0.2, -0.15) is 0 Å². The second-order valence-corrected chi connectivity index (χ2v) is 5.60. The summed E-state index contributed by atoms with van der Waals surface area (Å²) in [6.45, 7) is 3.28. The SMILES string of the molecule is COC(=O)C(C)(C)[C@@H](N)c1cc(I)ccc1F.Cl. The van der Waals surface area contributed by atoms with Crippen LogP contribution < -0.4 is 5.73 Å². The largest absolute Gasteiger partial charge is 0.469 e. The van der Waals surface area contributed by atoms with Crippen LogP contribution in [0.1, 0.15) is 25.5 Å². The third-order valence-electron chi connectivity index (χ3n) is 2.78. The van der Waals surface area contributed by atoms with Crippen molar-refractivity contribution in [2.75, 3.05) is 7.11 Å². The Bertz CT molecular complexity index is 440. The van der Waals surface area contributed by atoms with Gasteiger partial charge >= 0.3 is 5.97 Å². The fraction of sp³-hybridized carbons (Fsp3) is 0.417. The first kappa shape index (κ1) is 17.6. The normalized spacial score (nSPS) is 12.6. The minimum Gasteiger partial charge on any atom is -0.469 e. The molecule has 18 heavy (non-hydrogen) atoms. The Kier molecular flexibility index (Phi) is 6.53. The van der Waals surface area contributed by atoms with Crippen molar-refractivity contribution in [2.45, 2.75) is 19.9 Å². The molecule has 0 aliphatic carbocycles. The van der Waals surface area contributed by atoms with E-state index in [2.05, 4.69) is 27.3 Å². The molecule has 0 saturated heterocycles. The molecule has 102 valence electrons. The minimum atomic E-state index is -0.972. The standard InChI is InChI=1S/C12H15FINO2.ClH/c1-12(2,11(16)17-3)10(15)8-6-7(14)4-5-9(8)13;/h4-6,10H,15H2,1-3H3;1H/t10-;/m0./s1. The van der Waals surface area contributed by atoms with Gasteiger partial charge in [0.1, 0.15) is 5.82 Å². The van der Waals surface area contributed by atoms with Gasteiger partial charge in [0.05, 0.1) is 12.5 Å². The molecule has 0 saturated carbocycles. The van der Waals surface area contributed by atoms with Crippen molar-refractivity contribution < 1.29 is 13.9 Å². The monoisotopic (exact) mass is 387 g/mol. The molecule has 0 bridgehead atoms. The summed E-state index contributed by atoms with van der Waals surface area (Å²) in [6, 6.07) is 3.90. The molecule has 0 aliphatic rings. The molecule has 3 nitrogen and oxygen atoms in total. The van der Waals surface area contributed by atoms with Crippen molar-refractivity contribution in [3.05, 3.63) is 33.1 Å². The summed E-state index contributed by atoms with van der Waals surface area (Å²) < 4.78 is 19.2. The second kappa shape index (κ2) is 6.68. The van der Waals surface area contributed by atoms with E-state index in [0.29, 0.717) is 5.56 Å². The van der Waals surface area contributed by atoms with Gasteiger partial charge in [-0.3, -0.25) is 4.79 Å². The predicted molar refractivity (Wildman–Crippen MR) is 79.1 cm³/mol. The number of rotatable bonds is 3. The van der Waals surface area contributed by atoms with E-state index in [0.717, 1.165) is 3.57 Å². The molecule has 0 radical (unpaired) electrons. The Morgan fingerprint density at radius 1 is 1.50 bits per heavy atom. The van der Waals surface area contributed by atoms with Gasteiger partial charge in [0.2, 0.25) is 0 Å². The smallest absolute Gasteiger partial charge is 0.313 e. The first-order valence-corrected chi connectivity index (χ1v) is 6.17. The van der Waals surface area contributed by atoms with Crippen LogP contribution in [0.25, 0.3) is 0 Å². The Morgan fingerprint density at radius 3 is 2.56 bits per heavy atom. The zero-order valence-electron chi connectivity index (χ0n) is 10.4. The number of nitrogens with two attached hydrogens (primary N) is 1. The minimum absolute atomic E-state index is 0. The summed E-state index contributed by atoms with van der Waals surface area (Å²) >= 11 is 2.07. The highest BCUT2D eigenvalue weighted by Gasteiger charge is 2.37. The third-order valence-corrected chi connectivity index (χ3v) is 3.45. The lowest BCUT2D eigenvalue weighted by molar-refractivity contribution is -0.152. The second-order valence-electron chi connectivity index (χ2n) is 4.36. The summed E-state index contributed by atoms with van der Waals surface area (Å²) in [6.07, 6.45) is 0. The van der Waals surface area contributed by atoms with Gasteiger partial charge < -0.3 is 10.5 Å². The van der Waals surface area contributed by atoms with Crippen LogP contribution in [-0.4, -0.2) is 13.1 Å². The Balaban J connectivity index is 0.00000289. The van der Waals surface area contributed by atoms with Crippen molar-refractivity contribution in [1.29, 1.82) is 0 Å². The van der Waals surface area contributed by atoms with Crippen LogP contribution in [0.15, 0.2) is 18.2 Å². The molecule has 1 aromatic rings. The molecule has 0 aliphatic heterocycles. The number of carbonyl (C=O) groups excluding carboxylic acids is 1. The fourth-order valence-corrected chi connectivity index (χ4v) is 2.05. The summed E-state index contributed by atoms with van der Waals surface area (Å²) in [5.41, 5.74) is 5.33. The van der Waals surface area contributed by atoms with Crippen LogP contribution in [-0.2, 0) is 9.53 Å². The van der Waals surface area contributed by atoms with Gasteiger partial charge in [0, 0.05) is 15.2 Å². The van der Waals surface area contributed by atoms with Crippen LogP contribution >= 0.6 is 35.0 Å². The lowest BCUT2D eigenvalue weighted by Gasteiger charge is -2.29. The van der Waals surface area contributed by atoms with Gasteiger partial charge in [-0.15, -0.1) is 12.4 Å². The number of hydrogen-bond donors (Lipinski definition) is 1. The third kappa shape index (κ3) is 3.55. The molecule has 1 aromatic carbocycles. The van der Waals surface area contributed by atoms with E-state index in [-0.39, 0.29) is 12.4 Å². The van der Waals surface area contributed by atoms with Crippen LogP contribution in [0, 0.1) is 14.8 Å². The van der Waals surface area contributed by atoms with Crippen molar-refractivity contribution in [3.8, 4) is 0 Å². The molecule has 1 atom stereocenters. The molecule has 0 heterocycles. The zero-order valence-corrected chi connectivity index (χ0v) is 13.3. The van der Waals surface area contributed by atoms with E-state index in [1.165, 1.54) is 13.2 Å². The van der Waals surface area contributed by atoms with E-state index in [9.17, 15) is 9.18 Å². The number of esters is 1. The Hall–Kier alpha value is -0.400. The van der Waals surface area contributed by atoms with Crippen molar-refractivity contribution in [2.24, 2.45) is 11.1 Å². The molecule has 0 fully saturated rings. The molecule has 0 unspecified atom stereocenters. The molecule has 6 heteroatoms. The molecule has 0 spiro atoms. The number of carbonyl (C=O) groups is 1. The van der Waals surface area contributed by atoms with E-state index in [1.807, 2.05) is 0 Å². The summed E-state index contributed by atoms with van der Waals surface area (Å²) in [5, 5.41) is 0. The van der Waals surface area contributed by atoms with Crippen molar-refractivity contribution >= 4 is 41.0 Å². The lowest BCUT2D eigenvalue weighted by atomic mass is 9.81.